The molecule has 9 heteroatoms. The summed E-state index contributed by atoms with van der Waals surface area (Å²) in [6.07, 6.45) is 1.12. The molecule has 2 N–H and O–H groups in total. The molecule has 1 atom stereocenters. The number of amides is 2. The van der Waals surface area contributed by atoms with Gasteiger partial charge in [-0.05, 0) is 54.3 Å². The minimum absolute atomic E-state index is 0.000351. The lowest BCUT2D eigenvalue weighted by atomic mass is 10.1. The van der Waals surface area contributed by atoms with Crippen molar-refractivity contribution in [3.63, 3.8) is 0 Å². The van der Waals surface area contributed by atoms with Gasteiger partial charge in [0.05, 0.1) is 12.0 Å². The minimum atomic E-state index is -4.03. The van der Waals surface area contributed by atoms with Crippen LogP contribution in [-0.2, 0) is 32.5 Å². The van der Waals surface area contributed by atoms with E-state index < -0.39 is 22.0 Å². The van der Waals surface area contributed by atoms with Gasteiger partial charge in [0.25, 0.3) is 0 Å². The number of carbonyl (C=O) groups is 2. The highest BCUT2D eigenvalue weighted by Crippen LogP contribution is 2.31. The number of anilines is 2. The zero-order chi connectivity index (χ0) is 25.7. The number of hydrogen-bond donors (Lipinski definition) is 2. The summed E-state index contributed by atoms with van der Waals surface area (Å²) < 4.78 is 34.5. The van der Waals surface area contributed by atoms with Gasteiger partial charge in [-0.25, -0.2) is 8.42 Å². The Morgan fingerprint density at radius 2 is 1.81 bits per heavy atom. The molecule has 0 saturated carbocycles. The normalized spacial score (nSPS) is 13.7. The number of carbonyl (C=O) groups excluding carboxylic acids is 2. The monoisotopic (exact) mass is 507 g/mol. The van der Waals surface area contributed by atoms with Gasteiger partial charge in [-0.15, -0.1) is 0 Å². The van der Waals surface area contributed by atoms with Crippen LogP contribution >= 0.6 is 0 Å². The predicted molar refractivity (Wildman–Crippen MR) is 139 cm³/mol. The first-order valence-corrected chi connectivity index (χ1v) is 13.2. The van der Waals surface area contributed by atoms with E-state index in [0.29, 0.717) is 30.8 Å². The van der Waals surface area contributed by atoms with Gasteiger partial charge >= 0.3 is 0 Å². The van der Waals surface area contributed by atoms with Crippen molar-refractivity contribution in [2.45, 2.75) is 37.1 Å². The van der Waals surface area contributed by atoms with Crippen LogP contribution in [-0.4, -0.2) is 39.9 Å². The highest BCUT2D eigenvalue weighted by Gasteiger charge is 2.29. The molecular weight excluding hydrogens is 478 g/mol. The topological polar surface area (TPSA) is 105 Å². The summed E-state index contributed by atoms with van der Waals surface area (Å²) >= 11 is 0. The van der Waals surface area contributed by atoms with E-state index in [0.717, 1.165) is 16.8 Å². The Balaban J connectivity index is 1.59. The molecule has 0 bridgehead atoms. The first-order chi connectivity index (χ1) is 17.3. The number of sulfonamides is 1. The van der Waals surface area contributed by atoms with Crippen molar-refractivity contribution in [1.29, 1.82) is 0 Å². The molecule has 1 aliphatic rings. The number of nitrogens with zero attached hydrogens (tertiary/aromatic N) is 1. The fourth-order valence-corrected chi connectivity index (χ4v) is 5.46. The summed E-state index contributed by atoms with van der Waals surface area (Å²) in [5.41, 5.74) is 2.83. The lowest BCUT2D eigenvalue weighted by Gasteiger charge is -2.20. The standard InChI is InChI=1S/C27H29N3O5S/c1-3-26(31)30-15-14-20-17-23(12-13-25(20)30)36(33,34)29-24(16-19-8-5-4-6-9-19)27(32)28-21-10-7-11-22(18-21)35-2/h4-13,17-18,24,29H,3,14-16H2,1-2H3,(H,28,32). The summed E-state index contributed by atoms with van der Waals surface area (Å²) in [5, 5.41) is 2.79. The van der Waals surface area contributed by atoms with Gasteiger partial charge in [0.1, 0.15) is 11.8 Å². The fourth-order valence-electron chi connectivity index (χ4n) is 4.22. The van der Waals surface area contributed by atoms with E-state index in [1.54, 1.807) is 48.2 Å². The van der Waals surface area contributed by atoms with E-state index in [2.05, 4.69) is 10.0 Å². The molecule has 4 rings (SSSR count). The van der Waals surface area contributed by atoms with Crippen LogP contribution in [0.25, 0.3) is 0 Å². The van der Waals surface area contributed by atoms with Crippen molar-refractivity contribution in [2.24, 2.45) is 0 Å². The van der Waals surface area contributed by atoms with Crippen LogP contribution in [0.5, 0.6) is 5.75 Å². The molecule has 36 heavy (non-hydrogen) atoms. The molecular formula is C27H29N3O5S. The van der Waals surface area contributed by atoms with Crippen molar-refractivity contribution < 1.29 is 22.7 Å². The highest BCUT2D eigenvalue weighted by molar-refractivity contribution is 7.89. The Morgan fingerprint density at radius 3 is 2.53 bits per heavy atom. The molecule has 8 nitrogen and oxygen atoms in total. The molecule has 2 amide bonds. The average molecular weight is 508 g/mol. The largest absolute Gasteiger partial charge is 0.497 e. The molecule has 0 saturated heterocycles. The van der Waals surface area contributed by atoms with E-state index in [-0.39, 0.29) is 17.2 Å². The predicted octanol–water partition coefficient (Wildman–Crippen LogP) is 3.52. The number of benzene rings is 3. The SMILES string of the molecule is CCC(=O)N1CCc2cc(S(=O)(=O)NC(Cc3ccccc3)C(=O)Nc3cccc(OC)c3)ccc21. The van der Waals surface area contributed by atoms with Gasteiger partial charge in [0, 0.05) is 30.4 Å². The molecule has 0 aliphatic carbocycles. The minimum Gasteiger partial charge on any atom is -0.497 e. The van der Waals surface area contributed by atoms with E-state index in [9.17, 15) is 18.0 Å². The Bertz CT molecular complexity index is 1360. The van der Waals surface area contributed by atoms with Crippen molar-refractivity contribution in [3.8, 4) is 5.75 Å². The number of fused-ring (bicyclic) bond motifs is 1. The van der Waals surface area contributed by atoms with Crippen LogP contribution in [0.2, 0.25) is 0 Å². The van der Waals surface area contributed by atoms with Crippen molar-refractivity contribution in [1.82, 2.24) is 4.72 Å². The summed E-state index contributed by atoms with van der Waals surface area (Å²) in [6, 6.07) is 19.7. The van der Waals surface area contributed by atoms with Gasteiger partial charge in [0.15, 0.2) is 0 Å². The second-order valence-electron chi connectivity index (χ2n) is 8.52. The molecule has 3 aromatic carbocycles. The molecule has 3 aromatic rings. The van der Waals surface area contributed by atoms with Gasteiger partial charge in [-0.3, -0.25) is 9.59 Å². The first kappa shape index (κ1) is 25.4. The Morgan fingerprint density at radius 1 is 1.03 bits per heavy atom. The average Bonchev–Trinajstić information content (AvgIpc) is 3.32. The summed E-state index contributed by atoms with van der Waals surface area (Å²) in [7, 11) is -2.50. The van der Waals surface area contributed by atoms with Crippen LogP contribution in [0.3, 0.4) is 0 Å². The fraction of sp³-hybridized carbons (Fsp3) is 0.259. The Labute approximate surface area is 211 Å². The third kappa shape index (κ3) is 5.75. The highest BCUT2D eigenvalue weighted by atomic mass is 32.2. The molecule has 1 unspecified atom stereocenters. The lowest BCUT2D eigenvalue weighted by molar-refractivity contribution is -0.118. The zero-order valence-electron chi connectivity index (χ0n) is 20.2. The van der Waals surface area contributed by atoms with Crippen LogP contribution in [0.4, 0.5) is 11.4 Å². The maximum Gasteiger partial charge on any atom is 0.242 e. The second kappa shape index (κ2) is 10.9. The molecule has 1 aliphatic heterocycles. The number of hydrogen-bond acceptors (Lipinski definition) is 5. The Hall–Kier alpha value is -3.69. The maximum atomic E-state index is 13.4. The van der Waals surface area contributed by atoms with Gasteiger partial charge in [-0.2, -0.15) is 4.72 Å². The van der Waals surface area contributed by atoms with Crippen molar-refractivity contribution >= 4 is 33.2 Å². The van der Waals surface area contributed by atoms with E-state index in [4.69, 9.17) is 4.74 Å². The van der Waals surface area contributed by atoms with Crippen molar-refractivity contribution in [3.05, 3.63) is 83.9 Å². The molecule has 0 aromatic heterocycles. The first-order valence-electron chi connectivity index (χ1n) is 11.7. The summed E-state index contributed by atoms with van der Waals surface area (Å²) in [5.74, 6) is 0.0814. The summed E-state index contributed by atoms with van der Waals surface area (Å²) in [6.45, 7) is 2.32. The van der Waals surface area contributed by atoms with Crippen LogP contribution < -0.4 is 19.7 Å². The molecule has 188 valence electrons. The smallest absolute Gasteiger partial charge is 0.242 e. The summed E-state index contributed by atoms with van der Waals surface area (Å²) in [4.78, 5) is 27.2. The van der Waals surface area contributed by atoms with Crippen LogP contribution in [0.1, 0.15) is 24.5 Å². The third-order valence-electron chi connectivity index (χ3n) is 6.09. The number of ether oxygens (including phenoxy) is 1. The molecule has 0 fully saturated rings. The Kier molecular flexibility index (Phi) is 7.71. The van der Waals surface area contributed by atoms with Crippen LogP contribution in [0.15, 0.2) is 77.7 Å². The third-order valence-corrected chi connectivity index (χ3v) is 7.56. The second-order valence-corrected chi connectivity index (χ2v) is 10.2. The maximum absolute atomic E-state index is 13.4. The molecule has 1 heterocycles. The van der Waals surface area contributed by atoms with Gasteiger partial charge in [-0.1, -0.05) is 43.3 Å². The van der Waals surface area contributed by atoms with Crippen LogP contribution in [0, 0.1) is 0 Å². The lowest BCUT2D eigenvalue weighted by Crippen LogP contribution is -2.45. The van der Waals surface area contributed by atoms with Gasteiger partial charge < -0.3 is 15.0 Å². The van der Waals surface area contributed by atoms with Gasteiger partial charge in [0.2, 0.25) is 21.8 Å². The number of methoxy groups -OCH3 is 1. The van der Waals surface area contributed by atoms with E-state index >= 15 is 0 Å². The molecule has 0 spiro atoms. The quantitative estimate of drug-likeness (QED) is 0.461. The van der Waals surface area contributed by atoms with E-state index in [1.807, 2.05) is 30.3 Å². The number of rotatable bonds is 9. The van der Waals surface area contributed by atoms with E-state index in [1.165, 1.54) is 13.2 Å². The molecule has 0 radical (unpaired) electrons. The zero-order valence-corrected chi connectivity index (χ0v) is 21.0. The van der Waals surface area contributed by atoms with Crippen molar-refractivity contribution in [2.75, 3.05) is 23.9 Å². The number of nitrogens with one attached hydrogen (secondary N) is 2.